The third-order valence-electron chi connectivity index (χ3n) is 3.15. The Kier molecular flexibility index (Phi) is 4.35. The van der Waals surface area contributed by atoms with Gasteiger partial charge in [-0.25, -0.2) is 0 Å². The van der Waals surface area contributed by atoms with Gasteiger partial charge in [0.05, 0.1) is 0 Å². The Labute approximate surface area is 119 Å². The van der Waals surface area contributed by atoms with Crippen molar-refractivity contribution >= 4 is 11.6 Å². The number of rotatable bonds is 4. The fourth-order valence-corrected chi connectivity index (χ4v) is 1.94. The summed E-state index contributed by atoms with van der Waals surface area (Å²) in [5.41, 5.74) is 3.65. The summed E-state index contributed by atoms with van der Waals surface area (Å²) in [6.07, 6.45) is 1.64. The van der Waals surface area contributed by atoms with Crippen molar-refractivity contribution in [1.82, 2.24) is 9.88 Å². The van der Waals surface area contributed by atoms with Gasteiger partial charge in [-0.3, -0.25) is 9.78 Å². The zero-order valence-corrected chi connectivity index (χ0v) is 12.1. The summed E-state index contributed by atoms with van der Waals surface area (Å²) in [5, 5.41) is 3.01. The molecule has 2 aromatic rings. The van der Waals surface area contributed by atoms with Crippen molar-refractivity contribution in [2.75, 3.05) is 19.4 Å². The largest absolute Gasteiger partial charge is 0.388 e. The third-order valence-corrected chi connectivity index (χ3v) is 3.15. The van der Waals surface area contributed by atoms with Crippen LogP contribution in [-0.2, 0) is 6.54 Å². The maximum Gasteiger partial charge on any atom is 0.272 e. The Balaban J connectivity index is 2.09. The minimum absolute atomic E-state index is 0.0809. The van der Waals surface area contributed by atoms with Gasteiger partial charge >= 0.3 is 0 Å². The van der Waals surface area contributed by atoms with Gasteiger partial charge in [-0.2, -0.15) is 0 Å². The van der Waals surface area contributed by atoms with E-state index < -0.39 is 0 Å². The summed E-state index contributed by atoms with van der Waals surface area (Å²) in [6, 6.07) is 11.8. The van der Waals surface area contributed by atoms with Crippen LogP contribution in [-0.4, -0.2) is 29.9 Å². The van der Waals surface area contributed by atoms with E-state index in [0.29, 0.717) is 12.2 Å². The molecule has 4 heteroatoms. The monoisotopic (exact) mass is 269 g/mol. The second kappa shape index (κ2) is 6.19. The molecule has 1 heterocycles. The molecule has 0 aliphatic rings. The first-order valence-electron chi connectivity index (χ1n) is 6.55. The van der Waals surface area contributed by atoms with Crippen molar-refractivity contribution in [1.29, 1.82) is 0 Å². The molecule has 0 saturated carbocycles. The Hall–Kier alpha value is -2.36. The maximum absolute atomic E-state index is 12.3. The van der Waals surface area contributed by atoms with Crippen molar-refractivity contribution in [2.24, 2.45) is 0 Å². The molecule has 1 N–H and O–H groups in total. The normalized spacial score (nSPS) is 10.2. The highest BCUT2D eigenvalue weighted by atomic mass is 16.2. The average molecular weight is 269 g/mol. The molecule has 104 valence electrons. The van der Waals surface area contributed by atoms with E-state index in [1.54, 1.807) is 24.2 Å². The highest BCUT2D eigenvalue weighted by Gasteiger charge is 2.13. The lowest BCUT2D eigenvalue weighted by Gasteiger charge is -2.17. The molecule has 0 atom stereocenters. The number of nitrogens with zero attached hydrogens (tertiary/aromatic N) is 2. The fourth-order valence-electron chi connectivity index (χ4n) is 1.94. The van der Waals surface area contributed by atoms with E-state index in [-0.39, 0.29) is 5.91 Å². The standard InChI is InChI=1S/C16H19N3O/c1-12-4-6-13(7-5-12)11-19(3)16(20)15-10-14(17-2)8-9-18-15/h4-10H,11H2,1-3H3,(H,17,18). The molecule has 0 fully saturated rings. The van der Waals surface area contributed by atoms with Crippen LogP contribution in [0, 0.1) is 6.92 Å². The second-order valence-electron chi connectivity index (χ2n) is 4.83. The predicted octanol–water partition coefficient (Wildman–Crippen LogP) is 2.70. The van der Waals surface area contributed by atoms with E-state index in [9.17, 15) is 4.79 Å². The number of aryl methyl sites for hydroxylation is 1. The molecule has 20 heavy (non-hydrogen) atoms. The fraction of sp³-hybridized carbons (Fsp3) is 0.250. The van der Waals surface area contributed by atoms with Crippen molar-refractivity contribution < 1.29 is 4.79 Å². The van der Waals surface area contributed by atoms with Crippen molar-refractivity contribution in [3.8, 4) is 0 Å². The van der Waals surface area contributed by atoms with Crippen LogP contribution >= 0.6 is 0 Å². The van der Waals surface area contributed by atoms with Gasteiger partial charge in [0.1, 0.15) is 5.69 Å². The van der Waals surface area contributed by atoms with Gasteiger partial charge in [-0.1, -0.05) is 29.8 Å². The molecule has 0 saturated heterocycles. The predicted molar refractivity (Wildman–Crippen MR) is 80.8 cm³/mol. The summed E-state index contributed by atoms with van der Waals surface area (Å²) in [5.74, 6) is -0.0809. The molecule has 1 aromatic carbocycles. The van der Waals surface area contributed by atoms with Crippen LogP contribution in [0.3, 0.4) is 0 Å². The molecule has 0 aliphatic carbocycles. The molecule has 0 spiro atoms. The molecule has 4 nitrogen and oxygen atoms in total. The van der Waals surface area contributed by atoms with E-state index in [2.05, 4.69) is 10.3 Å². The number of benzene rings is 1. The molecule has 0 unspecified atom stereocenters. The van der Waals surface area contributed by atoms with Crippen LogP contribution in [0.1, 0.15) is 21.6 Å². The van der Waals surface area contributed by atoms with Crippen LogP contribution in [0.5, 0.6) is 0 Å². The summed E-state index contributed by atoms with van der Waals surface area (Å²) in [4.78, 5) is 18.1. The number of carbonyl (C=O) groups excluding carboxylic acids is 1. The van der Waals surface area contributed by atoms with Crippen LogP contribution in [0.25, 0.3) is 0 Å². The molecular formula is C16H19N3O. The van der Waals surface area contributed by atoms with Gasteiger partial charge in [0.25, 0.3) is 5.91 Å². The SMILES string of the molecule is CNc1ccnc(C(=O)N(C)Cc2ccc(C)cc2)c1. The van der Waals surface area contributed by atoms with Crippen LogP contribution in [0.2, 0.25) is 0 Å². The van der Waals surface area contributed by atoms with E-state index in [1.807, 2.05) is 44.3 Å². The lowest BCUT2D eigenvalue weighted by atomic mass is 10.1. The number of aromatic nitrogens is 1. The molecular weight excluding hydrogens is 250 g/mol. The van der Waals surface area contributed by atoms with Crippen LogP contribution < -0.4 is 5.32 Å². The van der Waals surface area contributed by atoms with Crippen LogP contribution in [0.15, 0.2) is 42.6 Å². The van der Waals surface area contributed by atoms with E-state index in [1.165, 1.54) is 5.56 Å². The number of nitrogens with one attached hydrogen (secondary N) is 1. The smallest absolute Gasteiger partial charge is 0.272 e. The summed E-state index contributed by atoms with van der Waals surface area (Å²) in [6.45, 7) is 2.62. The van der Waals surface area contributed by atoms with Crippen molar-refractivity contribution in [2.45, 2.75) is 13.5 Å². The van der Waals surface area contributed by atoms with Crippen molar-refractivity contribution in [3.63, 3.8) is 0 Å². The third kappa shape index (κ3) is 3.35. The Morgan fingerprint density at radius 1 is 1.25 bits per heavy atom. The molecule has 0 bridgehead atoms. The molecule has 0 aliphatic heterocycles. The Morgan fingerprint density at radius 2 is 1.95 bits per heavy atom. The van der Waals surface area contributed by atoms with Gasteiger partial charge in [-0.05, 0) is 24.6 Å². The Morgan fingerprint density at radius 3 is 2.60 bits per heavy atom. The number of amides is 1. The first-order chi connectivity index (χ1) is 9.60. The van der Waals surface area contributed by atoms with Gasteiger partial charge in [-0.15, -0.1) is 0 Å². The topological polar surface area (TPSA) is 45.2 Å². The number of hydrogen-bond donors (Lipinski definition) is 1. The minimum atomic E-state index is -0.0809. The van der Waals surface area contributed by atoms with Crippen LogP contribution in [0.4, 0.5) is 5.69 Å². The Bertz CT molecular complexity index is 593. The van der Waals surface area contributed by atoms with E-state index in [4.69, 9.17) is 0 Å². The summed E-state index contributed by atoms with van der Waals surface area (Å²) < 4.78 is 0. The molecule has 0 radical (unpaired) electrons. The number of carbonyl (C=O) groups is 1. The van der Waals surface area contributed by atoms with E-state index in [0.717, 1.165) is 11.3 Å². The summed E-state index contributed by atoms with van der Waals surface area (Å²) >= 11 is 0. The molecule has 2 rings (SSSR count). The van der Waals surface area contributed by atoms with Gasteiger partial charge in [0, 0.05) is 32.5 Å². The highest BCUT2D eigenvalue weighted by Crippen LogP contribution is 2.11. The maximum atomic E-state index is 12.3. The lowest BCUT2D eigenvalue weighted by Crippen LogP contribution is -2.27. The first kappa shape index (κ1) is 14.1. The van der Waals surface area contributed by atoms with Gasteiger partial charge < -0.3 is 10.2 Å². The zero-order chi connectivity index (χ0) is 14.5. The summed E-state index contributed by atoms with van der Waals surface area (Å²) in [7, 11) is 3.61. The number of anilines is 1. The van der Waals surface area contributed by atoms with Gasteiger partial charge in [0.2, 0.25) is 0 Å². The lowest BCUT2D eigenvalue weighted by molar-refractivity contribution is 0.0779. The minimum Gasteiger partial charge on any atom is -0.388 e. The molecule has 1 aromatic heterocycles. The zero-order valence-electron chi connectivity index (χ0n) is 12.1. The van der Waals surface area contributed by atoms with E-state index >= 15 is 0 Å². The molecule has 1 amide bonds. The second-order valence-corrected chi connectivity index (χ2v) is 4.83. The van der Waals surface area contributed by atoms with Gasteiger partial charge in [0.15, 0.2) is 0 Å². The number of hydrogen-bond acceptors (Lipinski definition) is 3. The first-order valence-corrected chi connectivity index (χ1v) is 6.55. The van der Waals surface area contributed by atoms with Crippen molar-refractivity contribution in [3.05, 3.63) is 59.4 Å². The average Bonchev–Trinajstić information content (AvgIpc) is 2.48. The number of pyridine rings is 1. The highest BCUT2D eigenvalue weighted by molar-refractivity contribution is 5.92. The quantitative estimate of drug-likeness (QED) is 0.928.